The Morgan fingerprint density at radius 3 is 2.48 bits per heavy atom. The third-order valence-corrected chi connectivity index (χ3v) is 5.17. The van der Waals surface area contributed by atoms with Crippen molar-refractivity contribution in [1.29, 1.82) is 5.26 Å². The zero-order valence-electron chi connectivity index (χ0n) is 17.4. The van der Waals surface area contributed by atoms with Gasteiger partial charge in [-0.05, 0) is 68.7 Å². The molecule has 31 heavy (non-hydrogen) atoms. The molecule has 2 heterocycles. The summed E-state index contributed by atoms with van der Waals surface area (Å²) in [6.45, 7) is 4.03. The molecule has 1 fully saturated rings. The molecule has 0 aliphatic carbocycles. The minimum absolute atomic E-state index is 0.258. The van der Waals surface area contributed by atoms with Crippen LogP contribution in [0.15, 0.2) is 54.6 Å². The standard InChI is InChI=1S/C24H24N6O/c1-17-14-22(30-12-3-2-4-13-30)29-24(26-17)28-21-10-8-20(9-11-21)27-23(31)19-7-5-6-18(15-19)16-25/h5-11,14-15H,2-4,12-13H2,1H3,(H,27,31)(H,26,28,29). The minimum Gasteiger partial charge on any atom is -0.356 e. The number of hydrogen-bond donors (Lipinski definition) is 2. The van der Waals surface area contributed by atoms with Gasteiger partial charge in [0.2, 0.25) is 5.95 Å². The van der Waals surface area contributed by atoms with Crippen LogP contribution < -0.4 is 15.5 Å². The van der Waals surface area contributed by atoms with Gasteiger partial charge in [0.15, 0.2) is 0 Å². The maximum atomic E-state index is 12.4. The fraction of sp³-hybridized carbons (Fsp3) is 0.250. The Balaban J connectivity index is 1.43. The number of amides is 1. The van der Waals surface area contributed by atoms with E-state index in [1.807, 2.05) is 43.3 Å². The summed E-state index contributed by atoms with van der Waals surface area (Å²) in [6, 6.07) is 18.0. The summed E-state index contributed by atoms with van der Waals surface area (Å²) in [5.74, 6) is 1.26. The fourth-order valence-corrected chi connectivity index (χ4v) is 3.59. The summed E-state index contributed by atoms with van der Waals surface area (Å²) in [6.07, 6.45) is 3.66. The van der Waals surface area contributed by atoms with E-state index in [-0.39, 0.29) is 5.91 Å². The lowest BCUT2D eigenvalue weighted by molar-refractivity contribution is 0.102. The van der Waals surface area contributed by atoms with Crippen molar-refractivity contribution in [2.75, 3.05) is 28.6 Å². The summed E-state index contributed by atoms with van der Waals surface area (Å²) in [7, 11) is 0. The van der Waals surface area contributed by atoms with Crippen molar-refractivity contribution in [2.24, 2.45) is 0 Å². The summed E-state index contributed by atoms with van der Waals surface area (Å²) in [5, 5.41) is 15.1. The van der Waals surface area contributed by atoms with E-state index in [4.69, 9.17) is 5.26 Å². The second-order valence-electron chi connectivity index (χ2n) is 7.59. The molecular weight excluding hydrogens is 388 g/mol. The van der Waals surface area contributed by atoms with Crippen molar-refractivity contribution in [2.45, 2.75) is 26.2 Å². The zero-order valence-corrected chi connectivity index (χ0v) is 17.4. The van der Waals surface area contributed by atoms with Crippen molar-refractivity contribution in [1.82, 2.24) is 9.97 Å². The maximum absolute atomic E-state index is 12.4. The molecular formula is C24H24N6O. The van der Waals surface area contributed by atoms with E-state index in [1.165, 1.54) is 19.3 Å². The Labute approximate surface area is 181 Å². The van der Waals surface area contributed by atoms with Crippen LogP contribution in [0.5, 0.6) is 0 Å². The number of anilines is 4. The first kappa shape index (κ1) is 20.4. The first-order chi connectivity index (χ1) is 15.1. The summed E-state index contributed by atoms with van der Waals surface area (Å²) >= 11 is 0. The Morgan fingerprint density at radius 1 is 1.00 bits per heavy atom. The molecule has 4 rings (SSSR count). The third-order valence-electron chi connectivity index (χ3n) is 5.17. The van der Waals surface area contributed by atoms with E-state index in [0.29, 0.717) is 22.8 Å². The van der Waals surface area contributed by atoms with Gasteiger partial charge >= 0.3 is 0 Å². The van der Waals surface area contributed by atoms with E-state index >= 15 is 0 Å². The molecule has 0 radical (unpaired) electrons. The molecule has 1 aliphatic heterocycles. The second-order valence-corrected chi connectivity index (χ2v) is 7.59. The van der Waals surface area contributed by atoms with E-state index in [2.05, 4.69) is 25.5 Å². The number of hydrogen-bond acceptors (Lipinski definition) is 6. The van der Waals surface area contributed by atoms with Crippen molar-refractivity contribution < 1.29 is 4.79 Å². The van der Waals surface area contributed by atoms with Gasteiger partial charge in [0.1, 0.15) is 5.82 Å². The predicted octanol–water partition coefficient (Wildman–Crippen LogP) is 4.64. The van der Waals surface area contributed by atoms with Gasteiger partial charge in [0.25, 0.3) is 5.91 Å². The SMILES string of the molecule is Cc1cc(N2CCCCC2)nc(Nc2ccc(NC(=O)c3cccc(C#N)c3)cc2)n1. The highest BCUT2D eigenvalue weighted by atomic mass is 16.1. The predicted molar refractivity (Wildman–Crippen MR) is 122 cm³/mol. The average Bonchev–Trinajstić information content (AvgIpc) is 2.80. The van der Waals surface area contributed by atoms with Crippen LogP contribution in [0.1, 0.15) is 40.9 Å². The number of piperidine rings is 1. The number of carbonyl (C=O) groups is 1. The number of nitrogens with zero attached hydrogens (tertiary/aromatic N) is 4. The normalized spacial score (nSPS) is 13.4. The molecule has 7 heteroatoms. The van der Waals surface area contributed by atoms with Crippen LogP contribution in [0.4, 0.5) is 23.1 Å². The highest BCUT2D eigenvalue weighted by Gasteiger charge is 2.14. The number of benzene rings is 2. The molecule has 2 aromatic carbocycles. The van der Waals surface area contributed by atoms with E-state index in [0.717, 1.165) is 30.3 Å². The molecule has 0 bridgehead atoms. The maximum Gasteiger partial charge on any atom is 0.255 e. The van der Waals surface area contributed by atoms with Gasteiger partial charge in [-0.3, -0.25) is 4.79 Å². The Bertz CT molecular complexity index is 1110. The van der Waals surface area contributed by atoms with E-state index in [1.54, 1.807) is 24.3 Å². The number of nitriles is 1. The highest BCUT2D eigenvalue weighted by molar-refractivity contribution is 6.04. The molecule has 1 aliphatic rings. The highest BCUT2D eigenvalue weighted by Crippen LogP contribution is 2.22. The molecule has 0 saturated carbocycles. The summed E-state index contributed by atoms with van der Waals surface area (Å²) < 4.78 is 0. The van der Waals surface area contributed by atoms with Gasteiger partial charge in [0.05, 0.1) is 11.6 Å². The van der Waals surface area contributed by atoms with Gasteiger partial charge < -0.3 is 15.5 Å². The monoisotopic (exact) mass is 412 g/mol. The van der Waals surface area contributed by atoms with Crippen LogP contribution in [0.3, 0.4) is 0 Å². The van der Waals surface area contributed by atoms with Crippen LogP contribution in [0, 0.1) is 18.3 Å². The number of carbonyl (C=O) groups excluding carboxylic acids is 1. The fourth-order valence-electron chi connectivity index (χ4n) is 3.59. The second kappa shape index (κ2) is 9.26. The minimum atomic E-state index is -0.258. The number of aryl methyl sites for hydroxylation is 1. The van der Waals surface area contributed by atoms with Crippen LogP contribution in [-0.4, -0.2) is 29.0 Å². The molecule has 0 spiro atoms. The lowest BCUT2D eigenvalue weighted by atomic mass is 10.1. The Kier molecular flexibility index (Phi) is 6.08. The molecule has 0 unspecified atom stereocenters. The summed E-state index contributed by atoms with van der Waals surface area (Å²) in [4.78, 5) is 23.9. The molecule has 3 aromatic rings. The number of aromatic nitrogens is 2. The lowest BCUT2D eigenvalue weighted by Crippen LogP contribution is -2.30. The molecule has 156 valence electrons. The van der Waals surface area contributed by atoms with Crippen LogP contribution in [-0.2, 0) is 0 Å². The molecule has 0 atom stereocenters. The molecule has 2 N–H and O–H groups in total. The van der Waals surface area contributed by atoms with Crippen LogP contribution >= 0.6 is 0 Å². The number of rotatable bonds is 5. The average molecular weight is 412 g/mol. The van der Waals surface area contributed by atoms with Crippen LogP contribution in [0.25, 0.3) is 0 Å². The summed E-state index contributed by atoms with van der Waals surface area (Å²) in [5.41, 5.74) is 3.31. The first-order valence-electron chi connectivity index (χ1n) is 10.4. The largest absolute Gasteiger partial charge is 0.356 e. The van der Waals surface area contributed by atoms with Gasteiger partial charge in [-0.2, -0.15) is 10.2 Å². The Hall–Kier alpha value is -3.92. The van der Waals surface area contributed by atoms with Crippen molar-refractivity contribution in [3.8, 4) is 6.07 Å². The quantitative estimate of drug-likeness (QED) is 0.634. The Morgan fingerprint density at radius 2 is 1.74 bits per heavy atom. The smallest absolute Gasteiger partial charge is 0.255 e. The van der Waals surface area contributed by atoms with Crippen molar-refractivity contribution in [3.63, 3.8) is 0 Å². The first-order valence-corrected chi connectivity index (χ1v) is 10.4. The third kappa shape index (κ3) is 5.17. The molecule has 7 nitrogen and oxygen atoms in total. The zero-order chi connectivity index (χ0) is 21.6. The van der Waals surface area contributed by atoms with Crippen molar-refractivity contribution in [3.05, 3.63) is 71.4 Å². The van der Waals surface area contributed by atoms with Gasteiger partial charge in [-0.15, -0.1) is 0 Å². The van der Waals surface area contributed by atoms with Crippen LogP contribution in [0.2, 0.25) is 0 Å². The topological polar surface area (TPSA) is 93.9 Å². The molecule has 1 amide bonds. The number of nitrogens with one attached hydrogen (secondary N) is 2. The van der Waals surface area contributed by atoms with Crippen molar-refractivity contribution >= 4 is 29.0 Å². The van der Waals surface area contributed by atoms with E-state index < -0.39 is 0 Å². The van der Waals surface area contributed by atoms with E-state index in [9.17, 15) is 4.79 Å². The lowest BCUT2D eigenvalue weighted by Gasteiger charge is -2.28. The molecule has 1 aromatic heterocycles. The van der Waals surface area contributed by atoms with Gasteiger partial charge in [-0.1, -0.05) is 6.07 Å². The molecule has 1 saturated heterocycles. The van der Waals surface area contributed by atoms with Gasteiger partial charge in [0, 0.05) is 41.8 Å². The van der Waals surface area contributed by atoms with Gasteiger partial charge in [-0.25, -0.2) is 4.98 Å².